The summed E-state index contributed by atoms with van der Waals surface area (Å²) in [6, 6.07) is 1.68. The lowest BCUT2D eigenvalue weighted by Gasteiger charge is -2.31. The summed E-state index contributed by atoms with van der Waals surface area (Å²) in [6.07, 6.45) is -2.94. The van der Waals surface area contributed by atoms with E-state index in [1.165, 1.54) is 4.90 Å². The number of likely N-dealkylation sites (tertiary alicyclic amines) is 1. The average Bonchev–Trinajstić information content (AvgIpc) is 2.86. The second-order valence-corrected chi connectivity index (χ2v) is 5.92. The largest absolute Gasteiger partial charge is 0.461 e. The molecule has 1 aromatic rings. The third-order valence-corrected chi connectivity index (χ3v) is 3.97. The number of nitrogens with zero attached hydrogens (tertiary/aromatic N) is 3. The molecule has 0 radical (unpaired) electrons. The number of halogens is 3. The minimum atomic E-state index is -4.16. The van der Waals surface area contributed by atoms with Crippen LogP contribution in [0.3, 0.4) is 0 Å². The number of hydrogen-bond donors (Lipinski definition) is 0. The fraction of sp³-hybridized carbons (Fsp3) is 0.733. The highest BCUT2D eigenvalue weighted by atomic mass is 19.4. The second kappa shape index (κ2) is 7.33. The van der Waals surface area contributed by atoms with Gasteiger partial charge < -0.3 is 4.74 Å². The number of ether oxygens (including phenoxy) is 1. The van der Waals surface area contributed by atoms with Crippen molar-refractivity contribution in [1.82, 2.24) is 14.7 Å². The summed E-state index contributed by atoms with van der Waals surface area (Å²) in [7, 11) is 0. The molecular weight excluding hydrogens is 311 g/mol. The Bertz CT molecular complexity index is 535. The highest BCUT2D eigenvalue weighted by Crippen LogP contribution is 2.23. The van der Waals surface area contributed by atoms with E-state index in [9.17, 15) is 18.0 Å². The van der Waals surface area contributed by atoms with Crippen LogP contribution in [0.4, 0.5) is 13.2 Å². The molecule has 8 heteroatoms. The van der Waals surface area contributed by atoms with Gasteiger partial charge in [-0.3, -0.25) is 9.58 Å². The number of piperidine rings is 1. The number of carbonyl (C=O) groups is 1. The lowest BCUT2D eigenvalue weighted by molar-refractivity contribution is -0.148. The van der Waals surface area contributed by atoms with Crippen LogP contribution in [0.5, 0.6) is 0 Å². The predicted octanol–water partition coefficient (Wildman–Crippen LogP) is 2.64. The zero-order valence-electron chi connectivity index (χ0n) is 13.4. The first-order valence-electron chi connectivity index (χ1n) is 7.79. The van der Waals surface area contributed by atoms with Gasteiger partial charge in [-0.2, -0.15) is 18.3 Å². The van der Waals surface area contributed by atoms with Gasteiger partial charge in [-0.05, 0) is 51.8 Å². The first-order chi connectivity index (χ1) is 10.8. The topological polar surface area (TPSA) is 47.4 Å². The van der Waals surface area contributed by atoms with Gasteiger partial charge in [-0.1, -0.05) is 0 Å². The summed E-state index contributed by atoms with van der Waals surface area (Å²) < 4.78 is 43.9. The van der Waals surface area contributed by atoms with Gasteiger partial charge in [-0.25, -0.2) is 4.79 Å². The van der Waals surface area contributed by atoms with Crippen LogP contribution in [0, 0.1) is 12.8 Å². The Labute approximate surface area is 133 Å². The van der Waals surface area contributed by atoms with Gasteiger partial charge in [0.05, 0.1) is 18.8 Å². The predicted molar refractivity (Wildman–Crippen MR) is 78.1 cm³/mol. The zero-order valence-corrected chi connectivity index (χ0v) is 13.4. The molecule has 1 aliphatic rings. The highest BCUT2D eigenvalue weighted by molar-refractivity contribution is 5.87. The zero-order chi connectivity index (χ0) is 17.0. The van der Waals surface area contributed by atoms with Crippen LogP contribution in [-0.2, 0) is 11.3 Å². The fourth-order valence-corrected chi connectivity index (χ4v) is 2.78. The number of alkyl halides is 3. The number of aryl methyl sites for hydroxylation is 2. The van der Waals surface area contributed by atoms with E-state index >= 15 is 0 Å². The van der Waals surface area contributed by atoms with Crippen molar-refractivity contribution in [2.24, 2.45) is 5.92 Å². The molecule has 0 amide bonds. The summed E-state index contributed by atoms with van der Waals surface area (Å²) in [6.45, 7) is 4.41. The van der Waals surface area contributed by atoms with Crippen molar-refractivity contribution < 1.29 is 22.7 Å². The summed E-state index contributed by atoms with van der Waals surface area (Å²) in [5.74, 6) is -0.312. The Kier molecular flexibility index (Phi) is 5.67. The molecular formula is C15H22F3N3O2. The first kappa shape index (κ1) is 17.8. The number of aromatic nitrogens is 2. The Morgan fingerprint density at radius 1 is 1.39 bits per heavy atom. The van der Waals surface area contributed by atoms with E-state index in [1.54, 1.807) is 17.7 Å². The van der Waals surface area contributed by atoms with Crippen LogP contribution >= 0.6 is 0 Å². The fourth-order valence-electron chi connectivity index (χ4n) is 2.78. The number of hydrogen-bond acceptors (Lipinski definition) is 4. The van der Waals surface area contributed by atoms with Crippen LogP contribution in [-0.4, -0.2) is 53.1 Å². The maximum Gasteiger partial charge on any atom is 0.401 e. The standard InChI is InChI=1S/C15H22F3N3O2/c1-3-21-13(8-11(2)19-21)14(22)23-9-12-4-6-20(7-5-12)10-15(16,17)18/h8,12H,3-7,9-10H2,1-2H3. The van der Waals surface area contributed by atoms with E-state index in [0.29, 0.717) is 38.2 Å². The summed E-state index contributed by atoms with van der Waals surface area (Å²) >= 11 is 0. The molecule has 130 valence electrons. The maximum atomic E-state index is 12.3. The van der Waals surface area contributed by atoms with Crippen molar-refractivity contribution in [2.75, 3.05) is 26.2 Å². The molecule has 0 unspecified atom stereocenters. The highest BCUT2D eigenvalue weighted by Gasteiger charge is 2.32. The molecule has 1 fully saturated rings. The van der Waals surface area contributed by atoms with Crippen LogP contribution in [0.25, 0.3) is 0 Å². The lowest BCUT2D eigenvalue weighted by atomic mass is 9.98. The van der Waals surface area contributed by atoms with Gasteiger partial charge in [-0.15, -0.1) is 0 Å². The number of carbonyl (C=O) groups excluding carboxylic acids is 1. The van der Waals surface area contributed by atoms with E-state index in [0.717, 1.165) is 5.69 Å². The molecule has 0 bridgehead atoms. The summed E-state index contributed by atoms with van der Waals surface area (Å²) in [5.41, 5.74) is 1.17. The van der Waals surface area contributed by atoms with E-state index in [2.05, 4.69) is 5.10 Å². The van der Waals surface area contributed by atoms with Gasteiger partial charge in [0.2, 0.25) is 0 Å². The van der Waals surface area contributed by atoms with Crippen molar-refractivity contribution in [3.8, 4) is 0 Å². The maximum absolute atomic E-state index is 12.3. The molecule has 2 heterocycles. The number of esters is 1. The van der Waals surface area contributed by atoms with Crippen molar-refractivity contribution in [3.05, 3.63) is 17.5 Å². The second-order valence-electron chi connectivity index (χ2n) is 5.92. The summed E-state index contributed by atoms with van der Waals surface area (Å²) in [5, 5.41) is 4.19. The molecule has 0 aromatic carbocycles. The third kappa shape index (κ3) is 5.23. The molecule has 0 atom stereocenters. The van der Waals surface area contributed by atoms with Crippen LogP contribution in [0.2, 0.25) is 0 Å². The SMILES string of the molecule is CCn1nc(C)cc1C(=O)OCC1CCN(CC(F)(F)F)CC1. The van der Waals surface area contributed by atoms with Gasteiger partial charge in [0, 0.05) is 6.54 Å². The van der Waals surface area contributed by atoms with E-state index in [1.807, 2.05) is 6.92 Å². The average molecular weight is 333 g/mol. The van der Waals surface area contributed by atoms with E-state index in [-0.39, 0.29) is 12.5 Å². The van der Waals surface area contributed by atoms with E-state index in [4.69, 9.17) is 4.74 Å². The molecule has 1 saturated heterocycles. The van der Waals surface area contributed by atoms with Crippen molar-refractivity contribution in [2.45, 2.75) is 39.4 Å². The smallest absolute Gasteiger partial charge is 0.401 e. The van der Waals surface area contributed by atoms with Crippen molar-refractivity contribution in [3.63, 3.8) is 0 Å². The van der Waals surface area contributed by atoms with Gasteiger partial charge in [0.1, 0.15) is 5.69 Å². The molecule has 1 aliphatic heterocycles. The molecule has 0 spiro atoms. The summed E-state index contributed by atoms with van der Waals surface area (Å²) in [4.78, 5) is 13.5. The monoisotopic (exact) mass is 333 g/mol. The third-order valence-electron chi connectivity index (χ3n) is 3.97. The quantitative estimate of drug-likeness (QED) is 0.777. The molecule has 5 nitrogen and oxygen atoms in total. The molecule has 0 saturated carbocycles. The van der Waals surface area contributed by atoms with Gasteiger partial charge in [0.25, 0.3) is 0 Å². The molecule has 0 aliphatic carbocycles. The van der Waals surface area contributed by atoms with Crippen LogP contribution in [0.15, 0.2) is 6.07 Å². The Morgan fingerprint density at radius 2 is 2.04 bits per heavy atom. The molecule has 2 rings (SSSR count). The minimum absolute atomic E-state index is 0.113. The molecule has 0 N–H and O–H groups in total. The van der Waals surface area contributed by atoms with Crippen LogP contribution < -0.4 is 0 Å². The normalized spacial score (nSPS) is 17.4. The van der Waals surface area contributed by atoms with E-state index < -0.39 is 18.7 Å². The molecule has 23 heavy (non-hydrogen) atoms. The first-order valence-corrected chi connectivity index (χ1v) is 7.79. The Morgan fingerprint density at radius 3 is 2.61 bits per heavy atom. The number of rotatable bonds is 5. The Balaban J connectivity index is 1.78. The molecule has 1 aromatic heterocycles. The van der Waals surface area contributed by atoms with Gasteiger partial charge in [0.15, 0.2) is 0 Å². The van der Waals surface area contributed by atoms with Crippen molar-refractivity contribution in [1.29, 1.82) is 0 Å². The minimum Gasteiger partial charge on any atom is -0.461 e. The van der Waals surface area contributed by atoms with Crippen molar-refractivity contribution >= 4 is 5.97 Å². The lowest BCUT2D eigenvalue weighted by Crippen LogP contribution is -2.41. The Hall–Kier alpha value is -1.57. The van der Waals surface area contributed by atoms with Crippen LogP contribution in [0.1, 0.15) is 35.9 Å². The van der Waals surface area contributed by atoms with Gasteiger partial charge >= 0.3 is 12.1 Å².